The average Bonchev–Trinajstić information content (AvgIpc) is 2.93. The predicted octanol–water partition coefficient (Wildman–Crippen LogP) is 3.88. The first kappa shape index (κ1) is 17.2. The van der Waals surface area contributed by atoms with Crippen LogP contribution in [0.4, 0.5) is 10.1 Å². The molecule has 5 nitrogen and oxygen atoms in total. The minimum Gasteiger partial charge on any atom is -0.452 e. The van der Waals surface area contributed by atoms with E-state index in [0.717, 1.165) is 10.9 Å². The fourth-order valence-corrected chi connectivity index (χ4v) is 2.82. The molecule has 0 aliphatic heterocycles. The van der Waals surface area contributed by atoms with Gasteiger partial charge in [-0.05, 0) is 24.3 Å². The molecule has 2 aromatic carbocycles. The molecule has 0 atom stereocenters. The van der Waals surface area contributed by atoms with Crippen LogP contribution in [0, 0.1) is 5.82 Å². The van der Waals surface area contributed by atoms with E-state index in [4.69, 9.17) is 4.74 Å². The topological polar surface area (TPSA) is 60.3 Å². The van der Waals surface area contributed by atoms with Crippen molar-refractivity contribution in [1.29, 1.82) is 0 Å². The quantitative estimate of drug-likeness (QED) is 0.671. The number of nitrogens with one attached hydrogen (secondary N) is 1. The van der Waals surface area contributed by atoms with Crippen LogP contribution >= 0.6 is 15.9 Å². The lowest BCUT2D eigenvalue weighted by atomic mass is 10.2. The molecular formula is C18H14BrFN2O3. The highest BCUT2D eigenvalue weighted by atomic mass is 79.9. The van der Waals surface area contributed by atoms with Crippen molar-refractivity contribution < 1.29 is 18.7 Å². The molecule has 25 heavy (non-hydrogen) atoms. The Morgan fingerprint density at radius 1 is 1.24 bits per heavy atom. The highest BCUT2D eigenvalue weighted by molar-refractivity contribution is 9.10. The van der Waals surface area contributed by atoms with E-state index in [-0.39, 0.29) is 5.69 Å². The maximum absolute atomic E-state index is 13.7. The van der Waals surface area contributed by atoms with Crippen molar-refractivity contribution in [3.8, 4) is 0 Å². The number of halogens is 2. The molecule has 128 valence electrons. The van der Waals surface area contributed by atoms with E-state index in [1.807, 2.05) is 35.9 Å². The molecule has 0 unspecified atom stereocenters. The summed E-state index contributed by atoms with van der Waals surface area (Å²) >= 11 is 3.14. The van der Waals surface area contributed by atoms with Gasteiger partial charge in [0.15, 0.2) is 6.61 Å². The van der Waals surface area contributed by atoms with E-state index >= 15 is 0 Å². The van der Waals surface area contributed by atoms with Crippen molar-refractivity contribution in [2.75, 3.05) is 11.9 Å². The fourth-order valence-electron chi connectivity index (χ4n) is 2.49. The maximum atomic E-state index is 13.7. The lowest BCUT2D eigenvalue weighted by Gasteiger charge is -2.07. The van der Waals surface area contributed by atoms with Gasteiger partial charge in [0, 0.05) is 28.6 Å². The van der Waals surface area contributed by atoms with Crippen molar-refractivity contribution in [2.24, 2.45) is 7.05 Å². The number of benzene rings is 2. The lowest BCUT2D eigenvalue weighted by Crippen LogP contribution is -2.21. The van der Waals surface area contributed by atoms with Gasteiger partial charge >= 0.3 is 5.97 Å². The minimum absolute atomic E-state index is 0.0226. The van der Waals surface area contributed by atoms with Crippen LogP contribution < -0.4 is 5.32 Å². The molecule has 0 aliphatic rings. The number of ether oxygens (including phenoxy) is 1. The molecule has 0 saturated carbocycles. The third kappa shape index (κ3) is 3.71. The first-order valence-corrected chi connectivity index (χ1v) is 8.21. The number of para-hydroxylation sites is 1. The van der Waals surface area contributed by atoms with Crippen molar-refractivity contribution in [2.45, 2.75) is 0 Å². The molecule has 1 heterocycles. The van der Waals surface area contributed by atoms with E-state index in [9.17, 15) is 14.0 Å². The van der Waals surface area contributed by atoms with Crippen LogP contribution in [0.1, 0.15) is 10.4 Å². The van der Waals surface area contributed by atoms with Gasteiger partial charge in [-0.15, -0.1) is 0 Å². The number of aromatic nitrogens is 1. The summed E-state index contributed by atoms with van der Waals surface area (Å²) < 4.78 is 21.1. The van der Waals surface area contributed by atoms with Gasteiger partial charge in [0.2, 0.25) is 0 Å². The van der Waals surface area contributed by atoms with E-state index < -0.39 is 24.3 Å². The Morgan fingerprint density at radius 3 is 2.76 bits per heavy atom. The molecular weight excluding hydrogens is 391 g/mol. The number of anilines is 1. The van der Waals surface area contributed by atoms with Gasteiger partial charge in [-0.25, -0.2) is 9.18 Å². The summed E-state index contributed by atoms with van der Waals surface area (Å²) in [6.45, 7) is -0.502. The largest absolute Gasteiger partial charge is 0.452 e. The second kappa shape index (κ2) is 7.06. The fraction of sp³-hybridized carbons (Fsp3) is 0.111. The summed E-state index contributed by atoms with van der Waals surface area (Å²) in [6, 6.07) is 11.6. The standard InChI is InChI=1S/C18H14BrFN2O3/c1-22-9-13(12-4-2-3-5-16(12)22)18(24)25-10-17(23)21-15-7-6-11(19)8-14(15)20/h2-9H,10H2,1H3,(H,21,23). The summed E-state index contributed by atoms with van der Waals surface area (Å²) in [5.74, 6) is -1.80. The molecule has 1 aromatic heterocycles. The number of hydrogen-bond acceptors (Lipinski definition) is 3. The zero-order valence-electron chi connectivity index (χ0n) is 13.3. The minimum atomic E-state index is -0.616. The Bertz CT molecular complexity index is 968. The van der Waals surface area contributed by atoms with Gasteiger partial charge in [0.1, 0.15) is 5.82 Å². The Hall–Kier alpha value is -2.67. The predicted molar refractivity (Wildman–Crippen MR) is 95.9 cm³/mol. The molecule has 0 radical (unpaired) electrons. The van der Waals surface area contributed by atoms with Crippen LogP contribution in [0.3, 0.4) is 0 Å². The van der Waals surface area contributed by atoms with E-state index in [0.29, 0.717) is 10.0 Å². The molecule has 0 bridgehead atoms. The Labute approximate surface area is 151 Å². The Morgan fingerprint density at radius 2 is 2.00 bits per heavy atom. The summed E-state index contributed by atoms with van der Waals surface area (Å²) in [7, 11) is 1.82. The number of fused-ring (bicyclic) bond motifs is 1. The van der Waals surface area contributed by atoms with Gasteiger partial charge in [-0.2, -0.15) is 0 Å². The Kier molecular flexibility index (Phi) is 4.85. The molecule has 3 aromatic rings. The third-order valence-electron chi connectivity index (χ3n) is 3.66. The van der Waals surface area contributed by atoms with Crippen LogP contribution in [0.15, 0.2) is 53.1 Å². The number of esters is 1. The van der Waals surface area contributed by atoms with Crippen molar-refractivity contribution in [3.05, 3.63) is 64.5 Å². The van der Waals surface area contributed by atoms with Crippen molar-refractivity contribution in [3.63, 3.8) is 0 Å². The highest BCUT2D eigenvalue weighted by Crippen LogP contribution is 2.21. The van der Waals surface area contributed by atoms with Crippen molar-refractivity contribution >= 4 is 44.4 Å². The van der Waals surface area contributed by atoms with Gasteiger partial charge in [0.05, 0.1) is 11.3 Å². The molecule has 3 rings (SSSR count). The molecule has 0 aliphatic carbocycles. The molecule has 0 saturated heterocycles. The first-order valence-electron chi connectivity index (χ1n) is 7.42. The zero-order valence-corrected chi connectivity index (χ0v) is 14.8. The van der Waals surface area contributed by atoms with Crippen LogP contribution in [0.5, 0.6) is 0 Å². The summed E-state index contributed by atoms with van der Waals surface area (Å²) in [4.78, 5) is 24.1. The smallest absolute Gasteiger partial charge is 0.340 e. The first-order chi connectivity index (χ1) is 12.0. The summed E-state index contributed by atoms with van der Waals surface area (Å²) in [6.07, 6.45) is 1.65. The second-order valence-corrected chi connectivity index (χ2v) is 6.33. The van der Waals surface area contributed by atoms with Gasteiger partial charge < -0.3 is 14.6 Å². The van der Waals surface area contributed by atoms with Gasteiger partial charge in [0.25, 0.3) is 5.91 Å². The Balaban J connectivity index is 1.66. The summed E-state index contributed by atoms with van der Waals surface area (Å²) in [5.41, 5.74) is 1.28. The van der Waals surface area contributed by atoms with Crippen LogP contribution in [0.2, 0.25) is 0 Å². The monoisotopic (exact) mass is 404 g/mol. The van der Waals surface area contributed by atoms with Crippen LogP contribution in [-0.4, -0.2) is 23.1 Å². The molecule has 1 N–H and O–H groups in total. The molecule has 7 heteroatoms. The normalized spacial score (nSPS) is 10.7. The van der Waals surface area contributed by atoms with Crippen LogP contribution in [-0.2, 0) is 16.6 Å². The van der Waals surface area contributed by atoms with E-state index in [2.05, 4.69) is 21.2 Å². The lowest BCUT2D eigenvalue weighted by molar-refractivity contribution is -0.119. The SMILES string of the molecule is Cn1cc(C(=O)OCC(=O)Nc2ccc(Br)cc2F)c2ccccc21. The van der Waals surface area contributed by atoms with Crippen molar-refractivity contribution in [1.82, 2.24) is 4.57 Å². The zero-order chi connectivity index (χ0) is 18.0. The molecule has 1 amide bonds. The third-order valence-corrected chi connectivity index (χ3v) is 4.15. The summed E-state index contributed by atoms with van der Waals surface area (Å²) in [5, 5.41) is 3.11. The number of nitrogens with zero attached hydrogens (tertiary/aromatic N) is 1. The van der Waals surface area contributed by atoms with E-state index in [1.165, 1.54) is 12.1 Å². The van der Waals surface area contributed by atoms with Gasteiger partial charge in [-0.3, -0.25) is 4.79 Å². The highest BCUT2D eigenvalue weighted by Gasteiger charge is 2.16. The van der Waals surface area contributed by atoms with Gasteiger partial charge in [-0.1, -0.05) is 34.1 Å². The number of amides is 1. The number of carbonyl (C=O) groups excluding carboxylic acids is 2. The maximum Gasteiger partial charge on any atom is 0.340 e. The second-order valence-electron chi connectivity index (χ2n) is 5.42. The number of carbonyl (C=O) groups is 2. The van der Waals surface area contributed by atoms with E-state index in [1.54, 1.807) is 12.3 Å². The number of rotatable bonds is 4. The number of aryl methyl sites for hydroxylation is 1. The number of hydrogen-bond donors (Lipinski definition) is 1. The molecule has 0 fully saturated rings. The van der Waals surface area contributed by atoms with Crippen LogP contribution in [0.25, 0.3) is 10.9 Å². The average molecular weight is 405 g/mol. The molecule has 0 spiro atoms.